The Balaban J connectivity index is 2.11. The summed E-state index contributed by atoms with van der Waals surface area (Å²) in [4.78, 5) is 13.8. The van der Waals surface area contributed by atoms with Crippen molar-refractivity contribution in [3.8, 4) is 5.75 Å². The Morgan fingerprint density at radius 1 is 1.25 bits per heavy atom. The van der Waals surface area contributed by atoms with Gasteiger partial charge < -0.3 is 15.7 Å². The van der Waals surface area contributed by atoms with Crippen molar-refractivity contribution in [3.05, 3.63) is 23.8 Å². The van der Waals surface area contributed by atoms with E-state index in [0.29, 0.717) is 18.8 Å². The Morgan fingerprint density at radius 3 is 2.40 bits per heavy atom. The number of amides is 1. The van der Waals surface area contributed by atoms with Crippen molar-refractivity contribution in [1.29, 1.82) is 0 Å². The first-order valence-electron chi connectivity index (χ1n) is 6.12. The smallest absolute Gasteiger partial charge is 0.256 e. The summed E-state index contributed by atoms with van der Waals surface area (Å²) in [5, 5.41) is 9.42. The van der Waals surface area contributed by atoms with Crippen molar-refractivity contribution in [2.24, 2.45) is 0 Å². The first kappa shape index (κ1) is 14.6. The van der Waals surface area contributed by atoms with Crippen LogP contribution in [0.25, 0.3) is 0 Å². The fourth-order valence-electron chi connectivity index (χ4n) is 2.12. The summed E-state index contributed by atoms with van der Waals surface area (Å²) in [5.74, 6) is -0.330. The molecule has 1 aliphatic rings. The third kappa shape index (κ3) is 3.02. The zero-order valence-electron chi connectivity index (χ0n) is 11.1. The molecule has 1 amide bonds. The summed E-state index contributed by atoms with van der Waals surface area (Å²) in [6, 6.07) is 4.20. The molecule has 8 heteroatoms. The van der Waals surface area contributed by atoms with Gasteiger partial charge in [0.1, 0.15) is 5.75 Å². The van der Waals surface area contributed by atoms with Crippen LogP contribution in [0.3, 0.4) is 0 Å². The molecule has 0 aliphatic carbocycles. The lowest BCUT2D eigenvalue weighted by Gasteiger charge is -2.33. The minimum Gasteiger partial charge on any atom is -0.508 e. The van der Waals surface area contributed by atoms with Crippen molar-refractivity contribution in [1.82, 2.24) is 9.21 Å². The highest BCUT2D eigenvalue weighted by molar-refractivity contribution is 7.88. The van der Waals surface area contributed by atoms with Gasteiger partial charge in [-0.1, -0.05) is 0 Å². The number of phenolic OH excluding ortho intramolecular Hbond substituents is 1. The molecule has 0 bridgehead atoms. The number of benzene rings is 1. The van der Waals surface area contributed by atoms with Gasteiger partial charge in [0, 0.05) is 31.9 Å². The van der Waals surface area contributed by atoms with Gasteiger partial charge in [0.25, 0.3) is 5.91 Å². The summed E-state index contributed by atoms with van der Waals surface area (Å²) in [6.07, 6.45) is 1.15. The van der Waals surface area contributed by atoms with E-state index in [9.17, 15) is 18.3 Å². The van der Waals surface area contributed by atoms with E-state index >= 15 is 0 Å². The van der Waals surface area contributed by atoms with Gasteiger partial charge in [-0.2, -0.15) is 4.31 Å². The number of hydrogen-bond acceptors (Lipinski definition) is 5. The molecular weight excluding hydrogens is 282 g/mol. The van der Waals surface area contributed by atoms with Gasteiger partial charge in [-0.3, -0.25) is 4.79 Å². The van der Waals surface area contributed by atoms with Crippen LogP contribution in [0.1, 0.15) is 10.4 Å². The molecule has 0 spiro atoms. The maximum Gasteiger partial charge on any atom is 0.256 e. The largest absolute Gasteiger partial charge is 0.508 e. The summed E-state index contributed by atoms with van der Waals surface area (Å²) in [6.45, 7) is 1.15. The van der Waals surface area contributed by atoms with Crippen LogP contribution in [0.2, 0.25) is 0 Å². The van der Waals surface area contributed by atoms with E-state index in [1.54, 1.807) is 0 Å². The minimum atomic E-state index is -3.22. The summed E-state index contributed by atoms with van der Waals surface area (Å²) in [7, 11) is -3.22. The molecule has 0 radical (unpaired) electrons. The monoisotopic (exact) mass is 299 g/mol. The standard InChI is InChI=1S/C12H17N3O4S/c1-20(18,19)15-6-4-14(5-7-15)12(17)10-8-9(16)2-3-11(10)13/h2-3,8,16H,4-7,13H2,1H3. The molecule has 1 aliphatic heterocycles. The molecular formula is C12H17N3O4S. The molecule has 0 unspecified atom stereocenters. The molecule has 2 rings (SSSR count). The van der Waals surface area contributed by atoms with Crippen LogP contribution in [0.15, 0.2) is 18.2 Å². The molecule has 20 heavy (non-hydrogen) atoms. The minimum absolute atomic E-state index is 0.0303. The van der Waals surface area contributed by atoms with Gasteiger partial charge in [0.15, 0.2) is 0 Å². The lowest BCUT2D eigenvalue weighted by Crippen LogP contribution is -2.50. The van der Waals surface area contributed by atoms with Crippen molar-refractivity contribution in [2.75, 3.05) is 38.2 Å². The van der Waals surface area contributed by atoms with Gasteiger partial charge >= 0.3 is 0 Å². The Labute approximate surface area is 117 Å². The first-order valence-corrected chi connectivity index (χ1v) is 7.97. The summed E-state index contributed by atoms with van der Waals surface area (Å²) in [5.41, 5.74) is 6.25. The van der Waals surface area contributed by atoms with Gasteiger partial charge in [-0.25, -0.2) is 8.42 Å². The Hall–Kier alpha value is -1.80. The molecule has 0 saturated carbocycles. The zero-order valence-corrected chi connectivity index (χ0v) is 11.9. The quantitative estimate of drug-likeness (QED) is 0.576. The summed E-state index contributed by atoms with van der Waals surface area (Å²) >= 11 is 0. The second-order valence-electron chi connectivity index (χ2n) is 4.73. The lowest BCUT2D eigenvalue weighted by atomic mass is 10.1. The number of carbonyl (C=O) groups excluding carboxylic acids is 1. The Kier molecular flexibility index (Phi) is 3.87. The molecule has 7 nitrogen and oxygen atoms in total. The number of nitrogens with two attached hydrogens (primary N) is 1. The number of piperazine rings is 1. The van der Waals surface area contributed by atoms with Crippen LogP contribution in [0.4, 0.5) is 5.69 Å². The zero-order chi connectivity index (χ0) is 14.9. The third-order valence-corrected chi connectivity index (χ3v) is 4.57. The molecule has 3 N–H and O–H groups in total. The molecule has 0 atom stereocenters. The molecule has 1 aromatic rings. The number of nitrogen functional groups attached to an aromatic ring is 1. The molecule has 1 saturated heterocycles. The SMILES string of the molecule is CS(=O)(=O)N1CCN(C(=O)c2cc(O)ccc2N)CC1. The highest BCUT2D eigenvalue weighted by Gasteiger charge is 2.27. The van der Waals surface area contributed by atoms with Crippen LogP contribution in [-0.4, -0.2) is 61.1 Å². The van der Waals surface area contributed by atoms with Crippen LogP contribution in [0, 0.1) is 0 Å². The molecule has 1 fully saturated rings. The lowest BCUT2D eigenvalue weighted by molar-refractivity contribution is 0.0699. The number of aromatic hydroxyl groups is 1. The summed E-state index contributed by atoms with van der Waals surface area (Å²) < 4.78 is 24.1. The number of rotatable bonds is 2. The van der Waals surface area contributed by atoms with E-state index < -0.39 is 10.0 Å². The highest BCUT2D eigenvalue weighted by atomic mass is 32.2. The van der Waals surface area contributed by atoms with Gasteiger partial charge in [-0.15, -0.1) is 0 Å². The van der Waals surface area contributed by atoms with Crippen molar-refractivity contribution < 1.29 is 18.3 Å². The predicted molar refractivity (Wildman–Crippen MR) is 74.8 cm³/mol. The van der Waals surface area contributed by atoms with Gasteiger partial charge in [-0.05, 0) is 18.2 Å². The van der Waals surface area contributed by atoms with Gasteiger partial charge in [0.2, 0.25) is 10.0 Å². The first-order chi connectivity index (χ1) is 9.29. The van der Waals surface area contributed by atoms with Crippen LogP contribution in [0.5, 0.6) is 5.75 Å². The molecule has 1 heterocycles. The van der Waals surface area contributed by atoms with Crippen molar-refractivity contribution in [2.45, 2.75) is 0 Å². The third-order valence-electron chi connectivity index (χ3n) is 3.26. The number of hydrogen-bond donors (Lipinski definition) is 2. The van der Waals surface area contributed by atoms with E-state index in [0.717, 1.165) is 6.26 Å². The predicted octanol–water partition coefficient (Wildman–Crippen LogP) is -0.308. The maximum absolute atomic E-state index is 12.3. The number of anilines is 1. The number of nitrogens with zero attached hydrogens (tertiary/aromatic N) is 2. The number of sulfonamides is 1. The highest BCUT2D eigenvalue weighted by Crippen LogP contribution is 2.21. The number of phenols is 1. The molecule has 110 valence electrons. The van der Waals surface area contributed by atoms with Crippen molar-refractivity contribution in [3.63, 3.8) is 0 Å². The van der Waals surface area contributed by atoms with Crippen LogP contribution >= 0.6 is 0 Å². The van der Waals surface area contributed by atoms with Gasteiger partial charge in [0.05, 0.1) is 11.8 Å². The number of carbonyl (C=O) groups is 1. The Bertz CT molecular complexity index is 622. The van der Waals surface area contributed by atoms with E-state index in [-0.39, 0.29) is 30.3 Å². The van der Waals surface area contributed by atoms with E-state index in [1.165, 1.54) is 27.4 Å². The average molecular weight is 299 g/mol. The van der Waals surface area contributed by atoms with E-state index in [1.807, 2.05) is 0 Å². The van der Waals surface area contributed by atoms with E-state index in [2.05, 4.69) is 0 Å². The van der Waals surface area contributed by atoms with Crippen molar-refractivity contribution >= 4 is 21.6 Å². The maximum atomic E-state index is 12.3. The topological polar surface area (TPSA) is 104 Å². The van der Waals surface area contributed by atoms with Crippen LogP contribution < -0.4 is 5.73 Å². The van der Waals surface area contributed by atoms with Crippen LogP contribution in [-0.2, 0) is 10.0 Å². The second-order valence-corrected chi connectivity index (χ2v) is 6.71. The normalized spacial score (nSPS) is 17.1. The fourth-order valence-corrected chi connectivity index (χ4v) is 2.95. The molecule has 0 aromatic heterocycles. The Morgan fingerprint density at radius 2 is 1.85 bits per heavy atom. The van der Waals surface area contributed by atoms with E-state index in [4.69, 9.17) is 5.73 Å². The second kappa shape index (κ2) is 5.29. The average Bonchev–Trinajstić information content (AvgIpc) is 2.40. The molecule has 1 aromatic carbocycles. The fraction of sp³-hybridized carbons (Fsp3) is 0.417.